The minimum absolute atomic E-state index is 0.151. The molecule has 0 fully saturated rings. The summed E-state index contributed by atoms with van der Waals surface area (Å²) in [4.78, 5) is 11.5. The minimum atomic E-state index is -0.468. The lowest BCUT2D eigenvalue weighted by molar-refractivity contribution is -0.119. The van der Waals surface area contributed by atoms with E-state index in [0.29, 0.717) is 0 Å². The van der Waals surface area contributed by atoms with E-state index in [1.807, 2.05) is 30.3 Å². The Morgan fingerprint density at radius 1 is 1.29 bits per heavy atom. The van der Waals surface area contributed by atoms with E-state index in [1.54, 1.807) is 0 Å². The molecule has 0 spiro atoms. The fraction of sp³-hybridized carbons (Fsp3) is 0.462. The van der Waals surface area contributed by atoms with E-state index in [9.17, 15) is 4.79 Å². The van der Waals surface area contributed by atoms with Gasteiger partial charge in [-0.25, -0.2) is 0 Å². The number of carbonyl (C=O) groups is 1. The van der Waals surface area contributed by atoms with Crippen LogP contribution in [0.25, 0.3) is 0 Å². The fourth-order valence-corrected chi connectivity index (χ4v) is 2.39. The van der Waals surface area contributed by atoms with Crippen LogP contribution < -0.4 is 10.8 Å². The molecule has 1 amide bonds. The average Bonchev–Trinajstić information content (AvgIpc) is 2.25. The third-order valence-corrected chi connectivity index (χ3v) is 5.40. The lowest BCUT2D eigenvalue weighted by Gasteiger charge is -2.31. The van der Waals surface area contributed by atoms with E-state index < -0.39 is 14.1 Å². The standard InChI is InChI=1S/C13H21N2OP/c1-13(2,3)17(4)15-11(12(14)16)10-8-6-5-7-9-10/h5-9,11,15H,1-4H3,(H2,14,16)/t11-,17+/m1/s1. The normalized spacial score (nSPS) is 15.3. The van der Waals surface area contributed by atoms with E-state index in [-0.39, 0.29) is 11.1 Å². The zero-order valence-electron chi connectivity index (χ0n) is 10.9. The topological polar surface area (TPSA) is 55.1 Å². The van der Waals surface area contributed by atoms with Crippen LogP contribution in [0.3, 0.4) is 0 Å². The van der Waals surface area contributed by atoms with Crippen LogP contribution >= 0.6 is 8.07 Å². The van der Waals surface area contributed by atoms with Gasteiger partial charge in [0, 0.05) is 0 Å². The van der Waals surface area contributed by atoms with Crippen molar-refractivity contribution in [2.24, 2.45) is 5.73 Å². The van der Waals surface area contributed by atoms with E-state index >= 15 is 0 Å². The Morgan fingerprint density at radius 2 is 1.82 bits per heavy atom. The zero-order valence-corrected chi connectivity index (χ0v) is 11.8. The second kappa shape index (κ2) is 5.61. The summed E-state index contributed by atoms with van der Waals surface area (Å²) in [6, 6.07) is 9.22. The molecule has 3 N–H and O–H groups in total. The number of carbonyl (C=O) groups excluding carboxylic acids is 1. The molecule has 0 aliphatic heterocycles. The number of primary amides is 1. The largest absolute Gasteiger partial charge is 0.368 e. The second-order valence-electron chi connectivity index (χ2n) is 5.11. The van der Waals surface area contributed by atoms with Crippen molar-refractivity contribution in [3.63, 3.8) is 0 Å². The predicted octanol–water partition coefficient (Wildman–Crippen LogP) is 2.63. The lowest BCUT2D eigenvalue weighted by atomic mass is 10.1. The van der Waals surface area contributed by atoms with Gasteiger partial charge in [-0.2, -0.15) is 0 Å². The summed E-state index contributed by atoms with van der Waals surface area (Å²) in [6.07, 6.45) is 0. The minimum Gasteiger partial charge on any atom is -0.368 e. The molecule has 0 aliphatic carbocycles. The maximum Gasteiger partial charge on any atom is 0.239 e. The summed E-state index contributed by atoms with van der Waals surface area (Å²) in [6.45, 7) is 8.62. The van der Waals surface area contributed by atoms with Crippen molar-refractivity contribution in [1.82, 2.24) is 5.09 Å². The van der Waals surface area contributed by atoms with E-state index in [0.717, 1.165) is 5.56 Å². The summed E-state index contributed by atoms with van der Waals surface area (Å²) in [7, 11) is -0.468. The number of rotatable bonds is 4. The fourth-order valence-electron chi connectivity index (χ4n) is 1.34. The molecule has 0 aromatic heterocycles. The molecular formula is C13H21N2OP. The van der Waals surface area contributed by atoms with Gasteiger partial charge in [-0.15, -0.1) is 0 Å². The average molecular weight is 252 g/mol. The van der Waals surface area contributed by atoms with Crippen molar-refractivity contribution < 1.29 is 4.79 Å². The second-order valence-corrected chi connectivity index (χ2v) is 7.82. The van der Waals surface area contributed by atoms with Gasteiger partial charge in [-0.05, 0) is 25.5 Å². The summed E-state index contributed by atoms with van der Waals surface area (Å²) in [5.41, 5.74) is 6.40. The smallest absolute Gasteiger partial charge is 0.239 e. The molecule has 0 radical (unpaired) electrons. The van der Waals surface area contributed by atoms with Crippen molar-refractivity contribution in [3.8, 4) is 0 Å². The molecule has 3 nitrogen and oxygen atoms in total. The molecule has 0 saturated carbocycles. The summed E-state index contributed by atoms with van der Waals surface area (Å²) in [5.74, 6) is -0.324. The van der Waals surface area contributed by atoms with Gasteiger partial charge in [0.1, 0.15) is 6.04 Å². The van der Waals surface area contributed by atoms with Crippen LogP contribution in [0.4, 0.5) is 0 Å². The molecule has 0 bridgehead atoms. The Kier molecular flexibility index (Phi) is 4.67. The van der Waals surface area contributed by atoms with Gasteiger partial charge in [0.15, 0.2) is 0 Å². The van der Waals surface area contributed by atoms with Crippen molar-refractivity contribution in [2.45, 2.75) is 32.0 Å². The van der Waals surface area contributed by atoms with Gasteiger partial charge in [-0.3, -0.25) is 9.88 Å². The molecule has 1 rings (SSSR count). The number of benzene rings is 1. The molecule has 0 unspecified atom stereocenters. The van der Waals surface area contributed by atoms with E-state index in [4.69, 9.17) is 5.73 Å². The first kappa shape index (κ1) is 14.1. The summed E-state index contributed by atoms with van der Waals surface area (Å²) >= 11 is 0. The van der Waals surface area contributed by atoms with E-state index in [1.165, 1.54) is 0 Å². The van der Waals surface area contributed by atoms with Gasteiger partial charge in [0.05, 0.1) is 0 Å². The predicted molar refractivity (Wildman–Crippen MR) is 74.1 cm³/mol. The van der Waals surface area contributed by atoms with Gasteiger partial charge >= 0.3 is 0 Å². The lowest BCUT2D eigenvalue weighted by Crippen LogP contribution is -2.34. The highest BCUT2D eigenvalue weighted by atomic mass is 31.1. The maximum absolute atomic E-state index is 11.5. The van der Waals surface area contributed by atoms with Crippen molar-refractivity contribution in [3.05, 3.63) is 35.9 Å². The van der Waals surface area contributed by atoms with Crippen LogP contribution in [0.2, 0.25) is 0 Å². The van der Waals surface area contributed by atoms with Gasteiger partial charge in [-0.1, -0.05) is 51.1 Å². The number of nitrogens with one attached hydrogen (secondary N) is 1. The molecule has 4 heteroatoms. The van der Waals surface area contributed by atoms with Crippen LogP contribution in [-0.4, -0.2) is 17.7 Å². The Hall–Kier alpha value is -0.920. The number of hydrogen-bond acceptors (Lipinski definition) is 2. The molecule has 1 aromatic rings. The zero-order chi connectivity index (χ0) is 13.1. The Labute approximate surface area is 105 Å². The Bertz CT molecular complexity index is 373. The highest BCUT2D eigenvalue weighted by Crippen LogP contribution is 2.43. The first-order valence-corrected chi connectivity index (χ1v) is 7.45. The van der Waals surface area contributed by atoms with Gasteiger partial charge in [0.25, 0.3) is 0 Å². The first-order valence-electron chi connectivity index (χ1n) is 5.66. The SMILES string of the molecule is C[P@](N[C@@H](C(N)=O)c1ccccc1)C(C)(C)C. The van der Waals surface area contributed by atoms with Crippen LogP contribution in [-0.2, 0) is 4.79 Å². The first-order chi connectivity index (χ1) is 7.82. The molecule has 0 heterocycles. The molecule has 94 valence electrons. The Balaban J connectivity index is 2.86. The number of amides is 1. The molecule has 0 saturated heterocycles. The van der Waals surface area contributed by atoms with Crippen molar-refractivity contribution >= 4 is 14.0 Å². The van der Waals surface area contributed by atoms with Gasteiger partial charge in [0.2, 0.25) is 5.91 Å². The number of hydrogen-bond donors (Lipinski definition) is 2. The molecule has 17 heavy (non-hydrogen) atoms. The van der Waals surface area contributed by atoms with Crippen LogP contribution in [0.5, 0.6) is 0 Å². The van der Waals surface area contributed by atoms with Crippen LogP contribution in [0.1, 0.15) is 32.4 Å². The third-order valence-electron chi connectivity index (χ3n) is 2.75. The van der Waals surface area contributed by atoms with Crippen LogP contribution in [0.15, 0.2) is 30.3 Å². The highest BCUT2D eigenvalue weighted by Gasteiger charge is 2.26. The molecular weight excluding hydrogens is 231 g/mol. The Morgan fingerprint density at radius 3 is 2.24 bits per heavy atom. The van der Waals surface area contributed by atoms with Crippen molar-refractivity contribution in [2.75, 3.05) is 6.66 Å². The van der Waals surface area contributed by atoms with Gasteiger partial charge < -0.3 is 5.73 Å². The third kappa shape index (κ3) is 4.10. The quantitative estimate of drug-likeness (QED) is 0.809. The molecule has 2 atom stereocenters. The summed E-state index contributed by atoms with van der Waals surface area (Å²) < 4.78 is 0. The monoisotopic (exact) mass is 252 g/mol. The molecule has 1 aromatic carbocycles. The summed E-state index contributed by atoms with van der Waals surface area (Å²) in [5, 5.41) is 3.51. The van der Waals surface area contributed by atoms with Crippen molar-refractivity contribution in [1.29, 1.82) is 0 Å². The highest BCUT2D eigenvalue weighted by molar-refractivity contribution is 7.56. The maximum atomic E-state index is 11.5. The number of nitrogens with two attached hydrogens (primary N) is 1. The molecule has 0 aliphatic rings. The van der Waals surface area contributed by atoms with E-state index in [2.05, 4.69) is 32.5 Å². The van der Waals surface area contributed by atoms with Crippen LogP contribution in [0, 0.1) is 0 Å².